The third kappa shape index (κ3) is 6.63. The molecule has 4 N–H and O–H groups in total. The van der Waals surface area contributed by atoms with Crippen LogP contribution >= 0.6 is 0 Å². The SMILES string of the molecule is NNC(=O)COCC(=O)NCCOc1cccc([N+](=O)[O-])c1. The zero-order chi connectivity index (χ0) is 16.4. The standard InChI is InChI=1S/C12H16N4O6/c13-15-12(18)8-21-7-11(17)14-4-5-22-10-3-1-2-9(6-10)16(19)20/h1-3,6H,4-5,7-8,13H2,(H,14,17)(H,15,18). The maximum Gasteiger partial charge on any atom is 0.273 e. The predicted molar refractivity (Wildman–Crippen MR) is 74.8 cm³/mol. The van der Waals surface area contributed by atoms with Gasteiger partial charge in [0.1, 0.15) is 25.6 Å². The topological polar surface area (TPSA) is 146 Å². The molecule has 0 saturated carbocycles. The van der Waals surface area contributed by atoms with Gasteiger partial charge < -0.3 is 14.8 Å². The molecule has 10 heteroatoms. The zero-order valence-corrected chi connectivity index (χ0v) is 11.6. The lowest BCUT2D eigenvalue weighted by atomic mass is 10.3. The number of nitrogens with one attached hydrogen (secondary N) is 2. The first kappa shape index (κ1) is 17.3. The molecule has 0 unspecified atom stereocenters. The van der Waals surface area contributed by atoms with Crippen LogP contribution in [0.15, 0.2) is 24.3 Å². The second-order valence-electron chi connectivity index (χ2n) is 4.01. The minimum atomic E-state index is -0.540. The van der Waals surface area contributed by atoms with Crippen molar-refractivity contribution in [3.05, 3.63) is 34.4 Å². The van der Waals surface area contributed by atoms with Crippen LogP contribution in [0.25, 0.3) is 0 Å². The van der Waals surface area contributed by atoms with Crippen LogP contribution in [-0.2, 0) is 14.3 Å². The number of amides is 2. The Morgan fingerprint density at radius 3 is 2.68 bits per heavy atom. The van der Waals surface area contributed by atoms with Crippen LogP contribution < -0.4 is 21.3 Å². The number of nitro groups is 1. The number of nitrogens with zero attached hydrogens (tertiary/aromatic N) is 1. The van der Waals surface area contributed by atoms with Gasteiger partial charge in [0.2, 0.25) is 5.91 Å². The van der Waals surface area contributed by atoms with Gasteiger partial charge in [-0.2, -0.15) is 0 Å². The maximum absolute atomic E-state index is 11.3. The summed E-state index contributed by atoms with van der Waals surface area (Å²) < 4.78 is 10.1. The first-order chi connectivity index (χ1) is 10.5. The molecular weight excluding hydrogens is 296 g/mol. The molecule has 2 amide bonds. The smallest absolute Gasteiger partial charge is 0.273 e. The van der Waals surface area contributed by atoms with Crippen molar-refractivity contribution in [1.29, 1.82) is 0 Å². The van der Waals surface area contributed by atoms with Crippen molar-refractivity contribution in [1.82, 2.24) is 10.7 Å². The molecule has 0 aliphatic carbocycles. The lowest BCUT2D eigenvalue weighted by molar-refractivity contribution is -0.384. The molecule has 10 nitrogen and oxygen atoms in total. The average molecular weight is 312 g/mol. The Morgan fingerprint density at radius 1 is 1.27 bits per heavy atom. The van der Waals surface area contributed by atoms with E-state index in [-0.39, 0.29) is 32.1 Å². The Balaban J connectivity index is 2.19. The number of carbonyl (C=O) groups excluding carboxylic acids is 2. The minimum Gasteiger partial charge on any atom is -0.491 e. The van der Waals surface area contributed by atoms with Crippen LogP contribution in [0.1, 0.15) is 0 Å². The van der Waals surface area contributed by atoms with E-state index in [2.05, 4.69) is 5.32 Å². The van der Waals surface area contributed by atoms with Crippen LogP contribution in [0.5, 0.6) is 5.75 Å². The number of rotatable bonds is 9. The molecule has 0 heterocycles. The van der Waals surface area contributed by atoms with E-state index in [1.54, 1.807) is 6.07 Å². The average Bonchev–Trinajstić information content (AvgIpc) is 2.51. The van der Waals surface area contributed by atoms with E-state index in [4.69, 9.17) is 15.3 Å². The van der Waals surface area contributed by atoms with E-state index in [0.717, 1.165) is 0 Å². The molecule has 0 radical (unpaired) electrons. The Morgan fingerprint density at radius 2 is 2.00 bits per heavy atom. The highest BCUT2D eigenvalue weighted by atomic mass is 16.6. The van der Waals surface area contributed by atoms with E-state index < -0.39 is 16.7 Å². The molecule has 0 atom stereocenters. The van der Waals surface area contributed by atoms with Crippen molar-refractivity contribution in [3.8, 4) is 5.75 Å². The van der Waals surface area contributed by atoms with Gasteiger partial charge in [-0.3, -0.25) is 25.1 Å². The number of hydrogen-bond donors (Lipinski definition) is 3. The number of nitro benzene ring substituents is 1. The molecule has 120 valence electrons. The van der Waals surface area contributed by atoms with Gasteiger partial charge in [-0.05, 0) is 6.07 Å². The Hall–Kier alpha value is -2.72. The molecular formula is C12H16N4O6. The second kappa shape index (κ2) is 9.26. The maximum atomic E-state index is 11.3. The van der Waals surface area contributed by atoms with Gasteiger partial charge in [0.25, 0.3) is 11.6 Å². The minimum absolute atomic E-state index is 0.0758. The van der Waals surface area contributed by atoms with Crippen molar-refractivity contribution in [3.63, 3.8) is 0 Å². The Bertz CT molecular complexity index is 536. The molecule has 0 saturated heterocycles. The molecule has 0 aromatic heterocycles. The van der Waals surface area contributed by atoms with Crippen molar-refractivity contribution in [2.75, 3.05) is 26.4 Å². The van der Waals surface area contributed by atoms with Gasteiger partial charge in [-0.15, -0.1) is 0 Å². The highest BCUT2D eigenvalue weighted by molar-refractivity contribution is 5.79. The van der Waals surface area contributed by atoms with Crippen molar-refractivity contribution >= 4 is 17.5 Å². The summed E-state index contributed by atoms with van der Waals surface area (Å²) in [6, 6.07) is 5.71. The van der Waals surface area contributed by atoms with E-state index in [0.29, 0.717) is 5.75 Å². The van der Waals surface area contributed by atoms with Crippen LogP contribution in [0, 0.1) is 10.1 Å². The Kier molecular flexibility index (Phi) is 7.29. The summed E-state index contributed by atoms with van der Waals surface area (Å²) in [6.45, 7) is -0.275. The van der Waals surface area contributed by atoms with E-state index in [1.807, 2.05) is 5.43 Å². The molecule has 1 rings (SSSR count). The summed E-state index contributed by atoms with van der Waals surface area (Å²) in [4.78, 5) is 32.1. The van der Waals surface area contributed by atoms with E-state index in [9.17, 15) is 19.7 Å². The summed E-state index contributed by atoms with van der Waals surface area (Å²) in [7, 11) is 0. The second-order valence-corrected chi connectivity index (χ2v) is 4.01. The highest BCUT2D eigenvalue weighted by Gasteiger charge is 2.07. The summed E-state index contributed by atoms with van der Waals surface area (Å²) in [5.74, 6) is 4.20. The monoisotopic (exact) mass is 312 g/mol. The lowest BCUT2D eigenvalue weighted by Gasteiger charge is -2.08. The molecule has 0 aliphatic rings. The van der Waals surface area contributed by atoms with Crippen molar-refractivity contribution in [2.45, 2.75) is 0 Å². The lowest BCUT2D eigenvalue weighted by Crippen LogP contribution is -2.36. The molecule has 22 heavy (non-hydrogen) atoms. The van der Waals surface area contributed by atoms with Gasteiger partial charge in [0, 0.05) is 6.07 Å². The largest absolute Gasteiger partial charge is 0.491 e. The van der Waals surface area contributed by atoms with E-state index in [1.165, 1.54) is 18.2 Å². The first-order valence-corrected chi connectivity index (χ1v) is 6.24. The summed E-state index contributed by atoms with van der Waals surface area (Å²) in [5.41, 5.74) is 1.78. The molecule has 0 aliphatic heterocycles. The predicted octanol–water partition coefficient (Wildman–Crippen LogP) is -0.904. The summed E-state index contributed by atoms with van der Waals surface area (Å²) in [6.07, 6.45) is 0. The number of hydrogen-bond acceptors (Lipinski definition) is 7. The number of ether oxygens (including phenoxy) is 2. The van der Waals surface area contributed by atoms with Gasteiger partial charge in [-0.25, -0.2) is 5.84 Å². The third-order valence-corrected chi connectivity index (χ3v) is 2.35. The van der Waals surface area contributed by atoms with Crippen LogP contribution in [0.3, 0.4) is 0 Å². The fraction of sp³-hybridized carbons (Fsp3) is 0.333. The van der Waals surface area contributed by atoms with Crippen LogP contribution in [0.4, 0.5) is 5.69 Å². The summed E-state index contributed by atoms with van der Waals surface area (Å²) >= 11 is 0. The zero-order valence-electron chi connectivity index (χ0n) is 11.6. The molecule has 0 bridgehead atoms. The summed E-state index contributed by atoms with van der Waals surface area (Å²) in [5, 5.41) is 13.1. The van der Waals surface area contributed by atoms with Crippen molar-refractivity contribution < 1.29 is 24.0 Å². The fourth-order valence-electron chi connectivity index (χ4n) is 1.38. The molecule has 1 aromatic rings. The van der Waals surface area contributed by atoms with Crippen LogP contribution in [0.2, 0.25) is 0 Å². The Labute approximate surface area is 125 Å². The third-order valence-electron chi connectivity index (χ3n) is 2.35. The number of non-ortho nitro benzene ring substituents is 1. The molecule has 0 spiro atoms. The molecule has 1 aromatic carbocycles. The number of hydrazine groups is 1. The van der Waals surface area contributed by atoms with E-state index >= 15 is 0 Å². The normalized spacial score (nSPS) is 9.86. The fourth-order valence-corrected chi connectivity index (χ4v) is 1.38. The number of benzene rings is 1. The van der Waals surface area contributed by atoms with Crippen LogP contribution in [-0.4, -0.2) is 43.1 Å². The van der Waals surface area contributed by atoms with Crippen molar-refractivity contribution in [2.24, 2.45) is 5.84 Å². The van der Waals surface area contributed by atoms with Gasteiger partial charge in [0.15, 0.2) is 0 Å². The first-order valence-electron chi connectivity index (χ1n) is 6.24. The van der Waals surface area contributed by atoms with Gasteiger partial charge >= 0.3 is 0 Å². The number of carbonyl (C=O) groups is 2. The van der Waals surface area contributed by atoms with Gasteiger partial charge in [0.05, 0.1) is 17.5 Å². The highest BCUT2D eigenvalue weighted by Crippen LogP contribution is 2.18. The molecule has 0 fully saturated rings. The number of nitrogens with two attached hydrogens (primary N) is 1. The van der Waals surface area contributed by atoms with Gasteiger partial charge in [-0.1, -0.05) is 6.07 Å². The quantitative estimate of drug-likeness (QED) is 0.176.